The Morgan fingerprint density at radius 2 is 1.00 bits per heavy atom. The van der Waals surface area contributed by atoms with Gasteiger partial charge in [-0.3, -0.25) is 0 Å². The van der Waals surface area contributed by atoms with Gasteiger partial charge in [-0.15, -0.1) is 0 Å². The van der Waals surface area contributed by atoms with Crippen LogP contribution in [0.4, 0.5) is 17.1 Å². The van der Waals surface area contributed by atoms with E-state index in [1.54, 1.807) is 0 Å². The maximum Gasteiger partial charge on any atom is 0.136 e. The SMILES string of the molecule is c1ccc(N(c2ccc(-n3c4ccccc4c4ccccc43)cc2)c2ccccc2-c2ccc3oc4cc5ccccc5cc4c3c2)cc1. The van der Waals surface area contributed by atoms with Crippen molar-refractivity contribution in [3.63, 3.8) is 0 Å². The van der Waals surface area contributed by atoms with Gasteiger partial charge in [-0.2, -0.15) is 0 Å². The van der Waals surface area contributed by atoms with Crippen LogP contribution in [0.5, 0.6) is 0 Å². The van der Waals surface area contributed by atoms with Gasteiger partial charge in [-0.25, -0.2) is 0 Å². The molecule has 0 unspecified atom stereocenters. The number of furan rings is 1. The second-order valence-electron chi connectivity index (χ2n) is 12.6. The van der Waals surface area contributed by atoms with Gasteiger partial charge < -0.3 is 13.9 Å². The van der Waals surface area contributed by atoms with Crippen molar-refractivity contribution in [2.24, 2.45) is 0 Å². The molecular weight excluding hydrogens is 597 g/mol. The fraction of sp³-hybridized carbons (Fsp3) is 0. The monoisotopic (exact) mass is 626 g/mol. The highest BCUT2D eigenvalue weighted by molar-refractivity contribution is 6.11. The van der Waals surface area contributed by atoms with Crippen LogP contribution >= 0.6 is 0 Å². The molecule has 3 nitrogen and oxygen atoms in total. The summed E-state index contributed by atoms with van der Waals surface area (Å²) in [5.74, 6) is 0. The van der Waals surface area contributed by atoms with Crippen molar-refractivity contribution in [1.29, 1.82) is 0 Å². The molecule has 0 N–H and O–H groups in total. The van der Waals surface area contributed by atoms with Gasteiger partial charge in [0.05, 0.1) is 16.7 Å². The number of hydrogen-bond acceptors (Lipinski definition) is 2. The lowest BCUT2D eigenvalue weighted by molar-refractivity contribution is 0.669. The number of fused-ring (bicyclic) bond motifs is 7. The Morgan fingerprint density at radius 3 is 1.76 bits per heavy atom. The van der Waals surface area contributed by atoms with E-state index in [1.165, 1.54) is 32.6 Å². The molecule has 0 saturated carbocycles. The normalized spacial score (nSPS) is 11.7. The Bertz CT molecular complexity index is 2770. The van der Waals surface area contributed by atoms with Crippen molar-refractivity contribution < 1.29 is 4.42 Å². The molecule has 0 aliphatic carbocycles. The molecular formula is C46H30N2O. The highest BCUT2D eigenvalue weighted by atomic mass is 16.3. The summed E-state index contributed by atoms with van der Waals surface area (Å²) in [6.07, 6.45) is 0. The summed E-state index contributed by atoms with van der Waals surface area (Å²) >= 11 is 0. The minimum absolute atomic E-state index is 0.895. The second kappa shape index (κ2) is 11.0. The zero-order valence-electron chi connectivity index (χ0n) is 26.6. The van der Waals surface area contributed by atoms with E-state index in [2.05, 4.69) is 191 Å². The van der Waals surface area contributed by atoms with Crippen LogP contribution in [0.15, 0.2) is 186 Å². The number of anilines is 3. The van der Waals surface area contributed by atoms with Crippen LogP contribution in [-0.2, 0) is 0 Å². The summed E-state index contributed by atoms with van der Waals surface area (Å²) in [6.45, 7) is 0. The molecule has 2 aromatic heterocycles. The molecule has 0 spiro atoms. The molecule has 230 valence electrons. The van der Waals surface area contributed by atoms with Crippen molar-refractivity contribution in [2.75, 3.05) is 4.90 Å². The highest BCUT2D eigenvalue weighted by Crippen LogP contribution is 2.43. The average Bonchev–Trinajstić information content (AvgIpc) is 3.70. The third kappa shape index (κ3) is 4.44. The molecule has 8 aromatic carbocycles. The molecule has 0 aliphatic rings. The fourth-order valence-electron chi connectivity index (χ4n) is 7.50. The first kappa shape index (κ1) is 27.5. The predicted molar refractivity (Wildman–Crippen MR) is 206 cm³/mol. The van der Waals surface area contributed by atoms with E-state index in [0.717, 1.165) is 55.8 Å². The van der Waals surface area contributed by atoms with E-state index in [-0.39, 0.29) is 0 Å². The summed E-state index contributed by atoms with van der Waals surface area (Å²) in [6, 6.07) is 65.0. The van der Waals surface area contributed by atoms with Crippen molar-refractivity contribution >= 4 is 71.6 Å². The Labute approximate surface area is 283 Å². The van der Waals surface area contributed by atoms with Crippen molar-refractivity contribution in [1.82, 2.24) is 4.57 Å². The van der Waals surface area contributed by atoms with Crippen molar-refractivity contribution in [2.45, 2.75) is 0 Å². The first-order chi connectivity index (χ1) is 24.3. The second-order valence-corrected chi connectivity index (χ2v) is 12.6. The summed E-state index contributed by atoms with van der Waals surface area (Å²) in [5.41, 5.74) is 10.9. The summed E-state index contributed by atoms with van der Waals surface area (Å²) in [7, 11) is 0. The topological polar surface area (TPSA) is 21.3 Å². The Morgan fingerprint density at radius 1 is 0.408 bits per heavy atom. The van der Waals surface area contributed by atoms with Crippen LogP contribution in [0.3, 0.4) is 0 Å². The van der Waals surface area contributed by atoms with E-state index in [4.69, 9.17) is 4.42 Å². The number of aromatic nitrogens is 1. The zero-order valence-corrected chi connectivity index (χ0v) is 26.6. The number of hydrogen-bond donors (Lipinski definition) is 0. The van der Waals surface area contributed by atoms with Crippen molar-refractivity contribution in [3.05, 3.63) is 182 Å². The maximum atomic E-state index is 6.35. The molecule has 0 amide bonds. The third-order valence-electron chi connectivity index (χ3n) is 9.75. The van der Waals surface area contributed by atoms with E-state index in [0.29, 0.717) is 0 Å². The minimum atomic E-state index is 0.895. The van der Waals surface area contributed by atoms with Gasteiger partial charge in [0, 0.05) is 44.2 Å². The number of para-hydroxylation sites is 4. The minimum Gasteiger partial charge on any atom is -0.456 e. The molecule has 0 fully saturated rings. The smallest absolute Gasteiger partial charge is 0.136 e. The van der Waals surface area contributed by atoms with Crippen LogP contribution in [0.2, 0.25) is 0 Å². The zero-order chi connectivity index (χ0) is 32.3. The Kier molecular flexibility index (Phi) is 6.18. The Hall–Kier alpha value is -6.58. The number of benzene rings is 8. The standard InChI is InChI=1S/C46H30N2O/c1-2-14-34(15-3-1)47(35-23-25-36(26-24-35)48-43-20-10-7-17-38(43)39-18-8-11-21-44(39)48)42-19-9-6-16-37(42)33-22-27-45-40(29-33)41-28-31-12-4-5-13-32(31)30-46(41)49-45/h1-30H. The first-order valence-electron chi connectivity index (χ1n) is 16.7. The van der Waals surface area contributed by atoms with Crippen LogP contribution in [0, 0.1) is 0 Å². The molecule has 2 heterocycles. The third-order valence-corrected chi connectivity index (χ3v) is 9.75. The highest BCUT2D eigenvalue weighted by Gasteiger charge is 2.19. The van der Waals surface area contributed by atoms with E-state index >= 15 is 0 Å². The van der Waals surface area contributed by atoms with Gasteiger partial charge in [-0.05, 0) is 95.2 Å². The van der Waals surface area contributed by atoms with Crippen LogP contribution in [0.25, 0.3) is 71.3 Å². The van der Waals surface area contributed by atoms with Crippen LogP contribution in [0.1, 0.15) is 0 Å². The fourth-order valence-corrected chi connectivity index (χ4v) is 7.50. The van der Waals surface area contributed by atoms with E-state index in [1.807, 2.05) is 0 Å². The summed E-state index contributed by atoms with van der Waals surface area (Å²) in [5, 5.41) is 7.17. The van der Waals surface area contributed by atoms with Crippen LogP contribution < -0.4 is 4.90 Å². The van der Waals surface area contributed by atoms with E-state index in [9.17, 15) is 0 Å². The first-order valence-corrected chi connectivity index (χ1v) is 16.7. The summed E-state index contributed by atoms with van der Waals surface area (Å²) < 4.78 is 8.71. The van der Waals surface area contributed by atoms with Gasteiger partial charge in [-0.1, -0.05) is 103 Å². The lowest BCUT2D eigenvalue weighted by atomic mass is 9.99. The van der Waals surface area contributed by atoms with Gasteiger partial charge >= 0.3 is 0 Å². The lowest BCUT2D eigenvalue weighted by Gasteiger charge is -2.28. The molecule has 3 heteroatoms. The summed E-state index contributed by atoms with van der Waals surface area (Å²) in [4.78, 5) is 2.36. The maximum absolute atomic E-state index is 6.35. The molecule has 0 bridgehead atoms. The van der Waals surface area contributed by atoms with Crippen LogP contribution in [-0.4, -0.2) is 4.57 Å². The van der Waals surface area contributed by atoms with E-state index < -0.39 is 0 Å². The van der Waals surface area contributed by atoms with Gasteiger partial charge in [0.15, 0.2) is 0 Å². The molecule has 49 heavy (non-hydrogen) atoms. The van der Waals surface area contributed by atoms with Gasteiger partial charge in [0.25, 0.3) is 0 Å². The molecule has 0 saturated heterocycles. The largest absolute Gasteiger partial charge is 0.456 e. The molecule has 10 rings (SSSR count). The predicted octanol–water partition coefficient (Wildman–Crippen LogP) is 13.0. The van der Waals surface area contributed by atoms with Gasteiger partial charge in [0.1, 0.15) is 11.2 Å². The molecule has 0 radical (unpaired) electrons. The Balaban J connectivity index is 1.12. The molecule has 0 aliphatic heterocycles. The number of rotatable bonds is 5. The quantitative estimate of drug-likeness (QED) is 0.190. The average molecular weight is 627 g/mol. The molecule has 10 aromatic rings. The lowest BCUT2D eigenvalue weighted by Crippen LogP contribution is -2.11. The number of nitrogens with zero attached hydrogens (tertiary/aromatic N) is 2. The van der Waals surface area contributed by atoms with Crippen molar-refractivity contribution in [3.8, 4) is 16.8 Å². The molecule has 0 atom stereocenters. The van der Waals surface area contributed by atoms with Gasteiger partial charge in [0.2, 0.25) is 0 Å².